The van der Waals surface area contributed by atoms with E-state index in [4.69, 9.17) is 15.2 Å². The summed E-state index contributed by atoms with van der Waals surface area (Å²) in [4.78, 5) is 25.8. The van der Waals surface area contributed by atoms with E-state index in [2.05, 4.69) is 6.58 Å². The van der Waals surface area contributed by atoms with E-state index in [9.17, 15) is 33.0 Å². The summed E-state index contributed by atoms with van der Waals surface area (Å²) in [6.45, 7) is 18.8. The molecule has 0 aromatic heterocycles. The van der Waals surface area contributed by atoms with Crippen LogP contribution in [-0.2, 0) is 19.1 Å². The number of carbonyl (C=O) groups excluding carboxylic acids is 2. The minimum atomic E-state index is -4.39. The Labute approximate surface area is 243 Å². The summed E-state index contributed by atoms with van der Waals surface area (Å²) in [5, 5.41) is 21.6. The molecule has 0 rings (SSSR count). The van der Waals surface area contributed by atoms with Crippen LogP contribution < -0.4 is 5.73 Å². The minimum absolute atomic E-state index is 0.266. The summed E-state index contributed by atoms with van der Waals surface area (Å²) >= 11 is 0. The summed E-state index contributed by atoms with van der Waals surface area (Å²) in [7, 11) is 0. The third kappa shape index (κ3) is 11.3. The molecular formula is C31H50F3NO6. The van der Waals surface area contributed by atoms with Crippen LogP contribution in [0.1, 0.15) is 82.1 Å². The van der Waals surface area contributed by atoms with Crippen molar-refractivity contribution in [2.75, 3.05) is 0 Å². The topological polar surface area (TPSA) is 119 Å². The molecule has 0 fully saturated rings. The highest BCUT2D eigenvalue weighted by Gasteiger charge is 2.52. The molecule has 0 saturated heterocycles. The monoisotopic (exact) mass is 589 g/mol. The molecule has 0 amide bonds. The van der Waals surface area contributed by atoms with Crippen LogP contribution in [0, 0.1) is 28.6 Å². The Balaban J connectivity index is 5.32. The molecule has 0 heterocycles. The van der Waals surface area contributed by atoms with Crippen LogP contribution in [0.3, 0.4) is 0 Å². The van der Waals surface area contributed by atoms with Crippen LogP contribution in [0.4, 0.5) is 13.2 Å². The number of hydrogen-bond acceptors (Lipinski definition) is 7. The molecule has 1 unspecified atom stereocenters. The number of nitrogens with two attached hydrogens (primary N) is 1. The van der Waals surface area contributed by atoms with Crippen LogP contribution >= 0.6 is 0 Å². The number of rotatable bonds is 16. The van der Waals surface area contributed by atoms with Crippen molar-refractivity contribution in [1.82, 2.24) is 0 Å². The third-order valence-corrected chi connectivity index (χ3v) is 7.94. The molecule has 0 radical (unpaired) electrons. The predicted molar refractivity (Wildman–Crippen MR) is 154 cm³/mol. The van der Waals surface area contributed by atoms with E-state index < -0.39 is 71.2 Å². The van der Waals surface area contributed by atoms with Gasteiger partial charge in [-0.1, -0.05) is 67.2 Å². The zero-order valence-electron chi connectivity index (χ0n) is 26.1. The van der Waals surface area contributed by atoms with E-state index in [0.717, 1.165) is 6.92 Å². The molecular weight excluding hydrogens is 539 g/mol. The summed E-state index contributed by atoms with van der Waals surface area (Å²) in [6.07, 6.45) is -2.69. The van der Waals surface area contributed by atoms with Gasteiger partial charge >= 0.3 is 12.1 Å². The van der Waals surface area contributed by atoms with Crippen LogP contribution in [0.25, 0.3) is 0 Å². The first-order valence-corrected chi connectivity index (χ1v) is 13.8. The summed E-state index contributed by atoms with van der Waals surface area (Å²) < 4.78 is 51.2. The third-order valence-electron chi connectivity index (χ3n) is 7.94. The maximum atomic E-state index is 13.6. The van der Waals surface area contributed by atoms with Crippen molar-refractivity contribution in [3.8, 4) is 0 Å². The van der Waals surface area contributed by atoms with Crippen LogP contribution in [0.2, 0.25) is 0 Å². The number of aliphatic hydroxyl groups excluding tert-OH is 2. The van der Waals surface area contributed by atoms with Gasteiger partial charge in [-0.3, -0.25) is 9.59 Å². The zero-order valence-corrected chi connectivity index (χ0v) is 26.1. The van der Waals surface area contributed by atoms with Crippen molar-refractivity contribution in [2.24, 2.45) is 34.3 Å². The van der Waals surface area contributed by atoms with Gasteiger partial charge in [-0.05, 0) is 44.8 Å². The molecule has 0 aliphatic rings. The molecule has 0 bridgehead atoms. The van der Waals surface area contributed by atoms with Gasteiger partial charge in [-0.15, -0.1) is 0 Å². The number of allylic oxidation sites excluding steroid dienone is 3. The Bertz CT molecular complexity index is 998. The summed E-state index contributed by atoms with van der Waals surface area (Å²) in [5.41, 5.74) is 3.40. The van der Waals surface area contributed by atoms with Gasteiger partial charge < -0.3 is 25.4 Å². The number of carbonyl (C=O) groups is 2. The maximum Gasteiger partial charge on any atom is 0.394 e. The molecule has 10 heteroatoms. The second-order valence-electron chi connectivity index (χ2n) is 12.1. The first-order valence-electron chi connectivity index (χ1n) is 13.8. The number of halogens is 3. The minimum Gasteiger partial charge on any atom is -0.468 e. The highest BCUT2D eigenvalue weighted by molar-refractivity contribution is 5.88. The molecule has 4 N–H and O–H groups in total. The SMILES string of the molecule is C=C(C)O/C=C(N)/C=C(\C)[C@H](C)OC(=O)C[C@H](O)C(C)(C)C(=O)[C@H](C)[C@@H](O)[C@@H](C)/C=C/CC(C)(C(C)C)C(F)(F)F. The number of alkyl halides is 3. The lowest BCUT2D eigenvalue weighted by Crippen LogP contribution is -2.45. The van der Waals surface area contributed by atoms with Crippen molar-refractivity contribution >= 4 is 11.8 Å². The second-order valence-corrected chi connectivity index (χ2v) is 12.1. The van der Waals surface area contributed by atoms with Crippen molar-refractivity contribution in [3.05, 3.63) is 48.1 Å². The molecule has 0 aliphatic heterocycles. The van der Waals surface area contributed by atoms with Gasteiger partial charge in [0.05, 0.1) is 40.9 Å². The summed E-state index contributed by atoms with van der Waals surface area (Å²) in [5.74, 6) is -3.02. The zero-order chi connectivity index (χ0) is 32.5. The van der Waals surface area contributed by atoms with Crippen molar-refractivity contribution < 1.29 is 42.4 Å². The molecule has 0 spiro atoms. The number of ether oxygens (including phenoxy) is 2. The lowest BCUT2D eigenvalue weighted by atomic mass is 9.73. The first kappa shape index (κ1) is 38.4. The highest BCUT2D eigenvalue weighted by atomic mass is 19.4. The Morgan fingerprint density at radius 3 is 2.02 bits per heavy atom. The van der Waals surface area contributed by atoms with Gasteiger partial charge in [-0.25, -0.2) is 0 Å². The van der Waals surface area contributed by atoms with Gasteiger partial charge in [0.15, 0.2) is 0 Å². The fraction of sp³-hybridized carbons (Fsp3) is 0.677. The first-order chi connectivity index (χ1) is 18.5. The lowest BCUT2D eigenvalue weighted by molar-refractivity contribution is -0.231. The van der Waals surface area contributed by atoms with E-state index in [1.807, 2.05) is 0 Å². The van der Waals surface area contributed by atoms with E-state index in [-0.39, 0.29) is 12.1 Å². The Morgan fingerprint density at radius 1 is 1.02 bits per heavy atom. The van der Waals surface area contributed by atoms with Gasteiger partial charge in [-0.2, -0.15) is 13.2 Å². The standard InChI is InChI=1S/C31H50F3NO6/c1-18(2)30(11,31(32,33)34)14-12-13-20(5)27(38)22(7)28(39)29(9,10)25(36)16-26(37)41-23(8)21(6)15-24(35)17-40-19(3)4/h12-13,15,17-18,20,22-23,25,27,36,38H,3,14,16,35H2,1-2,4-11H3/b13-12+,21-15+,24-17-/t20-,22+,23-,25-,27-,30?/m0/s1. The molecule has 0 aromatic carbocycles. The average molecular weight is 590 g/mol. The lowest BCUT2D eigenvalue weighted by Gasteiger charge is -2.35. The Morgan fingerprint density at radius 2 is 1.56 bits per heavy atom. The van der Waals surface area contributed by atoms with E-state index in [0.29, 0.717) is 11.3 Å². The normalized spacial score (nSPS) is 18.8. The molecule has 0 aliphatic carbocycles. The van der Waals surface area contributed by atoms with Crippen LogP contribution in [0.5, 0.6) is 0 Å². The van der Waals surface area contributed by atoms with E-state index >= 15 is 0 Å². The molecule has 0 saturated carbocycles. The molecule has 7 nitrogen and oxygen atoms in total. The van der Waals surface area contributed by atoms with Gasteiger partial charge in [0.2, 0.25) is 0 Å². The van der Waals surface area contributed by atoms with Crippen molar-refractivity contribution in [1.29, 1.82) is 0 Å². The number of ketones is 1. The quantitative estimate of drug-likeness (QED) is 0.0829. The van der Waals surface area contributed by atoms with Crippen LogP contribution in [-0.4, -0.2) is 46.5 Å². The Hall–Kier alpha value is -2.59. The number of esters is 1. The van der Waals surface area contributed by atoms with Crippen molar-refractivity contribution in [3.63, 3.8) is 0 Å². The van der Waals surface area contributed by atoms with Gasteiger partial charge in [0.1, 0.15) is 18.1 Å². The largest absolute Gasteiger partial charge is 0.468 e. The fourth-order valence-electron chi connectivity index (χ4n) is 4.02. The second kappa shape index (κ2) is 15.6. The number of Topliss-reactive ketones (excluding diaryl/α,β-unsaturated/α-hetero) is 1. The molecule has 236 valence electrons. The van der Waals surface area contributed by atoms with E-state index in [1.165, 1.54) is 53.0 Å². The van der Waals surface area contributed by atoms with Crippen molar-refractivity contribution in [2.45, 2.75) is 107 Å². The summed E-state index contributed by atoms with van der Waals surface area (Å²) in [6, 6.07) is 0. The molecule has 6 atom stereocenters. The predicted octanol–water partition coefficient (Wildman–Crippen LogP) is 6.37. The smallest absolute Gasteiger partial charge is 0.394 e. The van der Waals surface area contributed by atoms with E-state index in [1.54, 1.807) is 33.8 Å². The maximum absolute atomic E-state index is 13.6. The fourth-order valence-corrected chi connectivity index (χ4v) is 4.02. The average Bonchev–Trinajstić information content (AvgIpc) is 2.84. The molecule has 0 aromatic rings. The van der Waals surface area contributed by atoms with Crippen LogP contribution in [0.15, 0.2) is 48.1 Å². The highest BCUT2D eigenvalue weighted by Crippen LogP contribution is 2.46. The number of hydrogen-bond donors (Lipinski definition) is 3. The molecule has 41 heavy (non-hydrogen) atoms. The van der Waals surface area contributed by atoms with Gasteiger partial charge in [0, 0.05) is 11.8 Å². The van der Waals surface area contributed by atoms with Gasteiger partial charge in [0.25, 0.3) is 0 Å². The number of aliphatic hydroxyl groups is 2. The Kier molecular flexibility index (Phi) is 14.6.